The standard InChI is InChI=1S/C14H18Cl2N2.ClH/c1-9(10-2-3-13(15)14(16)4-10)18-7-11-5-17-6-12(11)8-18;/h2-4,9,11-12,17H,5-8H2,1H3;1H/t9?,11-,12+;. The molecule has 2 aliphatic heterocycles. The van der Waals surface area contributed by atoms with E-state index in [0.717, 1.165) is 11.8 Å². The minimum Gasteiger partial charge on any atom is -0.316 e. The minimum absolute atomic E-state index is 0. The number of halogens is 3. The first-order chi connectivity index (χ1) is 8.65. The molecule has 1 N–H and O–H groups in total. The van der Waals surface area contributed by atoms with Crippen molar-refractivity contribution in [2.75, 3.05) is 26.2 Å². The number of fused-ring (bicyclic) bond motifs is 1. The maximum atomic E-state index is 6.10. The van der Waals surface area contributed by atoms with Gasteiger partial charge in [-0.2, -0.15) is 0 Å². The zero-order valence-electron chi connectivity index (χ0n) is 10.9. The maximum absolute atomic E-state index is 6.10. The molecule has 3 atom stereocenters. The quantitative estimate of drug-likeness (QED) is 0.895. The van der Waals surface area contributed by atoms with Crippen molar-refractivity contribution >= 4 is 35.6 Å². The van der Waals surface area contributed by atoms with Gasteiger partial charge >= 0.3 is 0 Å². The van der Waals surface area contributed by atoms with Gasteiger partial charge in [0.1, 0.15) is 0 Å². The predicted octanol–water partition coefficient (Wildman–Crippen LogP) is 3.63. The number of nitrogens with zero attached hydrogens (tertiary/aromatic N) is 1. The van der Waals surface area contributed by atoms with E-state index in [0.29, 0.717) is 16.1 Å². The molecule has 0 spiro atoms. The summed E-state index contributed by atoms with van der Waals surface area (Å²) in [5.74, 6) is 1.66. The summed E-state index contributed by atoms with van der Waals surface area (Å²) in [7, 11) is 0. The van der Waals surface area contributed by atoms with E-state index in [4.69, 9.17) is 23.2 Å². The SMILES string of the molecule is CC(c1ccc(Cl)c(Cl)c1)N1C[C@H]2CNC[C@H]2C1.Cl. The first kappa shape index (κ1) is 15.4. The molecule has 0 aliphatic carbocycles. The van der Waals surface area contributed by atoms with Gasteiger partial charge in [0.2, 0.25) is 0 Å². The van der Waals surface area contributed by atoms with Crippen molar-refractivity contribution < 1.29 is 0 Å². The normalized spacial score (nSPS) is 27.9. The summed E-state index contributed by atoms with van der Waals surface area (Å²) in [6, 6.07) is 6.41. The highest BCUT2D eigenvalue weighted by atomic mass is 35.5. The molecule has 0 saturated carbocycles. The maximum Gasteiger partial charge on any atom is 0.0595 e. The van der Waals surface area contributed by atoms with Gasteiger partial charge in [-0.1, -0.05) is 29.3 Å². The number of hydrogen-bond acceptors (Lipinski definition) is 2. The zero-order chi connectivity index (χ0) is 12.7. The van der Waals surface area contributed by atoms with Crippen LogP contribution in [0.4, 0.5) is 0 Å². The van der Waals surface area contributed by atoms with Crippen molar-refractivity contribution in [3.05, 3.63) is 33.8 Å². The zero-order valence-corrected chi connectivity index (χ0v) is 13.2. The second-order valence-electron chi connectivity index (χ2n) is 5.48. The largest absolute Gasteiger partial charge is 0.316 e. The van der Waals surface area contributed by atoms with Crippen LogP contribution < -0.4 is 5.32 Å². The topological polar surface area (TPSA) is 15.3 Å². The Balaban J connectivity index is 0.00000133. The second kappa shape index (κ2) is 6.19. The Labute approximate surface area is 130 Å². The molecule has 2 fully saturated rings. The lowest BCUT2D eigenvalue weighted by Crippen LogP contribution is -2.28. The number of hydrogen-bond donors (Lipinski definition) is 1. The third kappa shape index (κ3) is 3.03. The molecule has 5 heteroatoms. The summed E-state index contributed by atoms with van der Waals surface area (Å²) in [5.41, 5.74) is 1.26. The minimum atomic E-state index is 0. The van der Waals surface area contributed by atoms with E-state index in [2.05, 4.69) is 23.2 Å². The van der Waals surface area contributed by atoms with Crippen molar-refractivity contribution in [3.8, 4) is 0 Å². The van der Waals surface area contributed by atoms with Crippen LogP contribution in [-0.4, -0.2) is 31.1 Å². The van der Waals surface area contributed by atoms with Crippen LogP contribution in [0.15, 0.2) is 18.2 Å². The Kier molecular flexibility index (Phi) is 5.02. The Bertz CT molecular complexity index is 440. The van der Waals surface area contributed by atoms with E-state index < -0.39 is 0 Å². The Morgan fingerprint density at radius 1 is 1.16 bits per heavy atom. The number of benzene rings is 1. The molecule has 0 aromatic heterocycles. The van der Waals surface area contributed by atoms with Crippen molar-refractivity contribution in [1.29, 1.82) is 0 Å². The van der Waals surface area contributed by atoms with Gasteiger partial charge in [0.15, 0.2) is 0 Å². The molecule has 2 saturated heterocycles. The van der Waals surface area contributed by atoms with Crippen molar-refractivity contribution in [2.45, 2.75) is 13.0 Å². The van der Waals surface area contributed by atoms with Gasteiger partial charge < -0.3 is 5.32 Å². The fraction of sp³-hybridized carbons (Fsp3) is 0.571. The molecule has 2 aliphatic rings. The van der Waals surface area contributed by atoms with Crippen LogP contribution in [0.1, 0.15) is 18.5 Å². The van der Waals surface area contributed by atoms with Crippen LogP contribution in [0.3, 0.4) is 0 Å². The van der Waals surface area contributed by atoms with E-state index in [1.807, 2.05) is 12.1 Å². The van der Waals surface area contributed by atoms with Crippen LogP contribution in [0, 0.1) is 11.8 Å². The van der Waals surface area contributed by atoms with Gasteiger partial charge in [-0.3, -0.25) is 4.90 Å². The van der Waals surface area contributed by atoms with Gasteiger partial charge in [0.25, 0.3) is 0 Å². The van der Waals surface area contributed by atoms with Crippen LogP contribution >= 0.6 is 35.6 Å². The van der Waals surface area contributed by atoms with E-state index in [1.165, 1.54) is 31.7 Å². The highest BCUT2D eigenvalue weighted by Crippen LogP contribution is 2.34. The van der Waals surface area contributed by atoms with Crippen molar-refractivity contribution in [1.82, 2.24) is 10.2 Å². The molecule has 106 valence electrons. The lowest BCUT2D eigenvalue weighted by atomic mass is 10.0. The van der Waals surface area contributed by atoms with Crippen LogP contribution in [0.5, 0.6) is 0 Å². The Morgan fingerprint density at radius 2 is 1.79 bits per heavy atom. The van der Waals surface area contributed by atoms with E-state index >= 15 is 0 Å². The molecule has 0 amide bonds. The van der Waals surface area contributed by atoms with E-state index in [1.54, 1.807) is 0 Å². The van der Waals surface area contributed by atoms with Crippen LogP contribution in [0.2, 0.25) is 10.0 Å². The number of likely N-dealkylation sites (tertiary alicyclic amines) is 1. The lowest BCUT2D eigenvalue weighted by molar-refractivity contribution is 0.244. The summed E-state index contributed by atoms with van der Waals surface area (Å²) in [6.45, 7) is 7.00. The predicted molar refractivity (Wildman–Crippen MR) is 83.5 cm³/mol. The van der Waals surface area contributed by atoms with Gasteiger partial charge in [-0.15, -0.1) is 12.4 Å². The van der Waals surface area contributed by atoms with Gasteiger partial charge in [0.05, 0.1) is 10.0 Å². The fourth-order valence-corrected chi connectivity index (χ4v) is 3.50. The molecule has 2 nitrogen and oxygen atoms in total. The number of rotatable bonds is 2. The summed E-state index contributed by atoms with van der Waals surface area (Å²) < 4.78 is 0. The third-order valence-electron chi connectivity index (χ3n) is 4.39. The Morgan fingerprint density at radius 3 is 2.37 bits per heavy atom. The summed E-state index contributed by atoms with van der Waals surface area (Å²) in [6.07, 6.45) is 0. The number of nitrogens with one attached hydrogen (secondary N) is 1. The monoisotopic (exact) mass is 320 g/mol. The molecular formula is C14H19Cl3N2. The van der Waals surface area contributed by atoms with Gasteiger partial charge in [-0.25, -0.2) is 0 Å². The average Bonchev–Trinajstić information content (AvgIpc) is 2.92. The molecule has 2 heterocycles. The lowest BCUT2D eigenvalue weighted by Gasteiger charge is -2.25. The van der Waals surface area contributed by atoms with Crippen molar-refractivity contribution in [3.63, 3.8) is 0 Å². The molecule has 1 aromatic rings. The van der Waals surface area contributed by atoms with E-state index in [-0.39, 0.29) is 12.4 Å². The highest BCUT2D eigenvalue weighted by molar-refractivity contribution is 6.42. The first-order valence-corrected chi connectivity index (χ1v) is 7.30. The summed E-state index contributed by atoms with van der Waals surface area (Å²) >= 11 is 12.1. The van der Waals surface area contributed by atoms with E-state index in [9.17, 15) is 0 Å². The smallest absolute Gasteiger partial charge is 0.0595 e. The molecular weight excluding hydrogens is 303 g/mol. The molecule has 0 bridgehead atoms. The van der Waals surface area contributed by atoms with Gasteiger partial charge in [-0.05, 0) is 49.5 Å². The van der Waals surface area contributed by atoms with Crippen LogP contribution in [-0.2, 0) is 0 Å². The highest BCUT2D eigenvalue weighted by Gasteiger charge is 2.37. The fourth-order valence-electron chi connectivity index (χ4n) is 3.19. The third-order valence-corrected chi connectivity index (χ3v) is 5.13. The molecule has 1 aromatic carbocycles. The first-order valence-electron chi connectivity index (χ1n) is 6.55. The average molecular weight is 322 g/mol. The molecule has 3 rings (SSSR count). The Hall–Kier alpha value is 0.01000. The summed E-state index contributed by atoms with van der Waals surface area (Å²) in [5, 5.41) is 4.76. The van der Waals surface area contributed by atoms with Crippen LogP contribution in [0.25, 0.3) is 0 Å². The molecule has 0 radical (unpaired) electrons. The molecule has 1 unspecified atom stereocenters. The molecule has 19 heavy (non-hydrogen) atoms. The second-order valence-corrected chi connectivity index (χ2v) is 6.30. The summed E-state index contributed by atoms with van der Waals surface area (Å²) in [4.78, 5) is 2.57. The van der Waals surface area contributed by atoms with Crippen molar-refractivity contribution in [2.24, 2.45) is 11.8 Å². The van der Waals surface area contributed by atoms with Gasteiger partial charge in [0, 0.05) is 19.1 Å².